The van der Waals surface area contributed by atoms with Crippen LogP contribution >= 0.6 is 22.6 Å². The number of benzene rings is 1. The van der Waals surface area contributed by atoms with Crippen molar-refractivity contribution in [3.63, 3.8) is 0 Å². The van der Waals surface area contributed by atoms with E-state index in [1.807, 2.05) is 36.4 Å². The van der Waals surface area contributed by atoms with E-state index in [1.165, 1.54) is 11.0 Å². The van der Waals surface area contributed by atoms with E-state index >= 15 is 0 Å². The number of nitrogens with zero attached hydrogens (tertiary/aromatic N) is 2. The van der Waals surface area contributed by atoms with Crippen molar-refractivity contribution < 1.29 is 14.7 Å². The molecule has 20 heavy (non-hydrogen) atoms. The van der Waals surface area contributed by atoms with E-state index in [4.69, 9.17) is 0 Å². The minimum atomic E-state index is -0.280. The van der Waals surface area contributed by atoms with Crippen molar-refractivity contribution in [3.8, 4) is 5.75 Å². The Morgan fingerprint density at radius 2 is 1.85 bits per heavy atom. The van der Waals surface area contributed by atoms with Gasteiger partial charge in [-0.25, -0.2) is 0 Å². The van der Waals surface area contributed by atoms with Crippen molar-refractivity contribution in [2.75, 3.05) is 26.7 Å². The maximum absolute atomic E-state index is 12.2. The Hall–Kier alpha value is -1.31. The van der Waals surface area contributed by atoms with Gasteiger partial charge in [-0.05, 0) is 54.6 Å². The van der Waals surface area contributed by atoms with E-state index < -0.39 is 0 Å². The number of hydrogen-bond donors (Lipinski definition) is 1. The van der Waals surface area contributed by atoms with Gasteiger partial charge in [-0.2, -0.15) is 0 Å². The Labute approximate surface area is 132 Å². The second kappa shape index (κ2) is 7.47. The minimum absolute atomic E-state index is 0.0350. The molecule has 6 heteroatoms. The Bertz CT molecular complexity index is 501. The molecule has 0 aliphatic heterocycles. The Morgan fingerprint density at radius 1 is 1.25 bits per heavy atom. The molecule has 1 aromatic carbocycles. The van der Waals surface area contributed by atoms with E-state index in [0.717, 1.165) is 0 Å². The SMILES string of the molecule is CCN(CC)C(=O)CN(C)C(=O)c1ccc(I)c(O)c1. The highest BCUT2D eigenvalue weighted by Gasteiger charge is 2.18. The quantitative estimate of drug-likeness (QED) is 0.782. The topological polar surface area (TPSA) is 60.9 Å². The molecule has 0 aliphatic carbocycles. The van der Waals surface area contributed by atoms with Crippen LogP contribution in [-0.2, 0) is 4.79 Å². The molecule has 0 atom stereocenters. The van der Waals surface area contributed by atoms with Gasteiger partial charge in [0.15, 0.2) is 0 Å². The highest BCUT2D eigenvalue weighted by Crippen LogP contribution is 2.21. The molecule has 1 rings (SSSR count). The lowest BCUT2D eigenvalue weighted by Gasteiger charge is -2.23. The van der Waals surface area contributed by atoms with E-state index in [-0.39, 0.29) is 24.1 Å². The van der Waals surface area contributed by atoms with Gasteiger partial charge in [-0.1, -0.05) is 0 Å². The summed E-state index contributed by atoms with van der Waals surface area (Å²) < 4.78 is 0.682. The number of rotatable bonds is 5. The van der Waals surface area contributed by atoms with Crippen LogP contribution in [0.1, 0.15) is 24.2 Å². The lowest BCUT2D eigenvalue weighted by atomic mass is 10.2. The number of phenolic OH excluding ortho intramolecular Hbond substituents is 1. The summed E-state index contributed by atoms with van der Waals surface area (Å²) in [6.45, 7) is 5.09. The summed E-state index contributed by atoms with van der Waals surface area (Å²) >= 11 is 1.98. The zero-order valence-corrected chi connectivity index (χ0v) is 14.0. The minimum Gasteiger partial charge on any atom is -0.507 e. The Kier molecular flexibility index (Phi) is 6.25. The summed E-state index contributed by atoms with van der Waals surface area (Å²) in [7, 11) is 1.58. The third kappa shape index (κ3) is 4.09. The van der Waals surface area contributed by atoms with Gasteiger partial charge >= 0.3 is 0 Å². The summed E-state index contributed by atoms with van der Waals surface area (Å²) in [6, 6.07) is 4.73. The van der Waals surface area contributed by atoms with Gasteiger partial charge in [0, 0.05) is 25.7 Å². The molecule has 2 amide bonds. The van der Waals surface area contributed by atoms with Gasteiger partial charge in [-0.3, -0.25) is 9.59 Å². The molecule has 110 valence electrons. The number of likely N-dealkylation sites (N-methyl/N-ethyl adjacent to an activating group) is 2. The molecule has 0 fully saturated rings. The van der Waals surface area contributed by atoms with Crippen molar-refractivity contribution in [2.24, 2.45) is 0 Å². The molecule has 5 nitrogen and oxygen atoms in total. The number of carbonyl (C=O) groups is 2. The summed E-state index contributed by atoms with van der Waals surface area (Å²) in [6.07, 6.45) is 0. The highest BCUT2D eigenvalue weighted by molar-refractivity contribution is 14.1. The molecular formula is C14H19IN2O3. The van der Waals surface area contributed by atoms with Crippen molar-refractivity contribution in [1.82, 2.24) is 9.80 Å². The summed E-state index contributed by atoms with van der Waals surface area (Å²) in [5.41, 5.74) is 0.373. The average molecular weight is 390 g/mol. The highest BCUT2D eigenvalue weighted by atomic mass is 127. The van der Waals surface area contributed by atoms with Gasteiger partial charge in [0.25, 0.3) is 5.91 Å². The first kappa shape index (κ1) is 16.7. The van der Waals surface area contributed by atoms with Gasteiger partial charge in [0.1, 0.15) is 5.75 Å². The Morgan fingerprint density at radius 3 is 2.35 bits per heavy atom. The summed E-state index contributed by atoms with van der Waals surface area (Å²) in [5.74, 6) is -0.294. The fraction of sp³-hybridized carbons (Fsp3) is 0.429. The molecule has 0 aliphatic rings. The van der Waals surface area contributed by atoms with Crippen LogP contribution in [0.15, 0.2) is 18.2 Å². The van der Waals surface area contributed by atoms with Crippen LogP contribution in [0, 0.1) is 3.57 Å². The third-order valence-electron chi connectivity index (χ3n) is 3.03. The third-order valence-corrected chi connectivity index (χ3v) is 3.94. The van der Waals surface area contributed by atoms with Crippen LogP contribution in [0.5, 0.6) is 5.75 Å². The van der Waals surface area contributed by atoms with Gasteiger partial charge in [0.2, 0.25) is 5.91 Å². The van der Waals surface area contributed by atoms with E-state index in [1.54, 1.807) is 24.1 Å². The second-order valence-electron chi connectivity index (χ2n) is 4.39. The molecule has 0 saturated heterocycles. The molecule has 0 heterocycles. The maximum Gasteiger partial charge on any atom is 0.254 e. The number of phenols is 1. The van der Waals surface area contributed by atoms with Gasteiger partial charge in [0.05, 0.1) is 10.1 Å². The van der Waals surface area contributed by atoms with Crippen LogP contribution in [0.25, 0.3) is 0 Å². The number of hydrogen-bond acceptors (Lipinski definition) is 3. The molecule has 0 aromatic heterocycles. The van der Waals surface area contributed by atoms with Crippen LogP contribution < -0.4 is 0 Å². The predicted octanol–water partition coefficient (Wildman–Crippen LogP) is 1.94. The molecule has 0 bridgehead atoms. The molecular weight excluding hydrogens is 371 g/mol. The van der Waals surface area contributed by atoms with E-state index in [2.05, 4.69) is 0 Å². The van der Waals surface area contributed by atoms with Gasteiger partial charge in [-0.15, -0.1) is 0 Å². The lowest BCUT2D eigenvalue weighted by Crippen LogP contribution is -2.41. The van der Waals surface area contributed by atoms with Crippen molar-refractivity contribution in [3.05, 3.63) is 27.3 Å². The van der Waals surface area contributed by atoms with Crippen LogP contribution in [0.4, 0.5) is 0 Å². The molecule has 0 unspecified atom stereocenters. The average Bonchev–Trinajstić information content (AvgIpc) is 2.42. The predicted molar refractivity (Wildman–Crippen MR) is 85.7 cm³/mol. The maximum atomic E-state index is 12.2. The zero-order chi connectivity index (χ0) is 15.3. The molecule has 0 radical (unpaired) electrons. The fourth-order valence-electron chi connectivity index (χ4n) is 1.82. The standard InChI is InChI=1S/C14H19IN2O3/c1-4-17(5-2)13(19)9-16(3)14(20)10-6-7-11(15)12(18)8-10/h6-8,18H,4-5,9H2,1-3H3. The summed E-state index contributed by atoms with van der Waals surface area (Å²) in [5, 5.41) is 9.62. The molecule has 1 aromatic rings. The molecule has 0 saturated carbocycles. The van der Waals surface area contributed by atoms with E-state index in [0.29, 0.717) is 22.2 Å². The summed E-state index contributed by atoms with van der Waals surface area (Å²) in [4.78, 5) is 27.2. The normalized spacial score (nSPS) is 10.2. The van der Waals surface area contributed by atoms with Crippen molar-refractivity contribution >= 4 is 34.4 Å². The fourth-order valence-corrected chi connectivity index (χ4v) is 2.15. The van der Waals surface area contributed by atoms with E-state index in [9.17, 15) is 14.7 Å². The number of carbonyl (C=O) groups excluding carboxylic acids is 2. The van der Waals surface area contributed by atoms with Gasteiger partial charge < -0.3 is 14.9 Å². The van der Waals surface area contributed by atoms with Crippen LogP contribution in [0.3, 0.4) is 0 Å². The second-order valence-corrected chi connectivity index (χ2v) is 5.56. The zero-order valence-electron chi connectivity index (χ0n) is 11.9. The number of aromatic hydroxyl groups is 1. The number of halogens is 1. The molecule has 1 N–H and O–H groups in total. The number of amides is 2. The molecule has 0 spiro atoms. The first-order valence-corrected chi connectivity index (χ1v) is 7.50. The largest absolute Gasteiger partial charge is 0.507 e. The lowest BCUT2D eigenvalue weighted by molar-refractivity contribution is -0.131. The Balaban J connectivity index is 2.76. The van der Waals surface area contributed by atoms with Crippen molar-refractivity contribution in [2.45, 2.75) is 13.8 Å². The monoisotopic (exact) mass is 390 g/mol. The smallest absolute Gasteiger partial charge is 0.254 e. The first-order chi connectivity index (χ1) is 9.40. The van der Waals surface area contributed by atoms with Crippen LogP contribution in [-0.4, -0.2) is 53.4 Å². The van der Waals surface area contributed by atoms with Crippen molar-refractivity contribution in [1.29, 1.82) is 0 Å². The van der Waals surface area contributed by atoms with Crippen LogP contribution in [0.2, 0.25) is 0 Å². The first-order valence-electron chi connectivity index (χ1n) is 6.42.